The molecular weight excluding hydrogens is 1770 g/mol. The smallest absolute Gasteiger partial charge is 0.306 e. The number of hydrogen-bond donors (Lipinski definition) is 9. The van der Waals surface area contributed by atoms with E-state index in [9.17, 15) is 95.9 Å². The molecule has 9 N–H and O–H groups in total. The summed E-state index contributed by atoms with van der Waals surface area (Å²) in [5.74, 6) is -11.8. The molecular formula is C89H135N9O36. The van der Waals surface area contributed by atoms with Gasteiger partial charge in [0.15, 0.2) is 55.5 Å². The second kappa shape index (κ2) is 62.9. The zero-order valence-corrected chi connectivity index (χ0v) is 78.5. The van der Waals surface area contributed by atoms with E-state index in [1.165, 1.54) is 20.8 Å². The van der Waals surface area contributed by atoms with Crippen molar-refractivity contribution in [3.8, 4) is 0 Å². The minimum absolute atomic E-state index is 0.00441. The number of rotatable bonds is 62. The molecule has 15 atom stereocenters. The highest BCUT2D eigenvalue weighted by Gasteiger charge is 2.55. The van der Waals surface area contributed by atoms with Gasteiger partial charge in [0.1, 0.15) is 68.6 Å². The van der Waals surface area contributed by atoms with Gasteiger partial charge >= 0.3 is 59.7 Å². The highest BCUT2D eigenvalue weighted by atomic mass is 16.7. The van der Waals surface area contributed by atoms with E-state index in [1.54, 1.807) is 24.3 Å². The lowest BCUT2D eigenvalue weighted by Gasteiger charge is -2.44. The number of nitrogens with one attached hydrogen (secondary N) is 9. The standard InChI is InChI=1S/C89H135N9O36/c1-53(99)95-77-83(129-62(10)108)80(126-59(7)105)67(50-122-56(4)102)132-86(77)119-46-21-17-30-66(111)29-16-20-41-90-72(114)35-38-89(98-75(117)33-24-34-76(118)125-49-65-27-14-13-15-28-65,39-36-73(115)93-44-25-42-91-70(112)31-18-22-47-120-87-78(96-54(2)100)84(130-63(11)109)81(127-60(8)106)68(133-87)51-123-57(5)103)40-37-74(116)94-45-26-43-92-71(113)32-19-23-48-121-88-79(97-55(3)101)85(131-64(12)110)82(128-61(9)107)69(134-88)52-124-58(6)104/h13-15,27-28,67-69,77-88H,16-26,29-52H2,1-12H3,(H,90,114)(H,91,112)(H,92,113)(H,93,115)(H,94,116)(H,95,99)(H,96,100)(H,97,101)(H,98,117). The predicted octanol–water partition coefficient (Wildman–Crippen LogP) is 1.73. The first-order valence-electron chi connectivity index (χ1n) is 45.0. The summed E-state index contributed by atoms with van der Waals surface area (Å²) in [6.45, 7) is 12.8. The molecule has 3 aliphatic heterocycles. The Balaban J connectivity index is 1.43. The zero-order chi connectivity index (χ0) is 99.2. The topological polar surface area (TPSA) is 597 Å². The summed E-state index contributed by atoms with van der Waals surface area (Å²) in [6, 6.07) is 5.37. The first kappa shape index (κ1) is 115. The number of ketones is 1. The third-order valence-corrected chi connectivity index (χ3v) is 20.6. The molecule has 3 saturated heterocycles. The number of ether oxygens (including phenoxy) is 16. The van der Waals surface area contributed by atoms with Gasteiger partial charge in [-0.1, -0.05) is 30.3 Å². The summed E-state index contributed by atoms with van der Waals surface area (Å²) >= 11 is 0. The number of carbonyl (C=O) groups excluding carboxylic acids is 20. The normalized spacial score (nSPS) is 21.6. The van der Waals surface area contributed by atoms with Gasteiger partial charge in [-0.2, -0.15) is 0 Å². The number of esters is 10. The summed E-state index contributed by atoms with van der Waals surface area (Å²) < 4.78 is 89.9. The van der Waals surface area contributed by atoms with Crippen LogP contribution >= 0.6 is 0 Å². The summed E-state index contributed by atoms with van der Waals surface area (Å²) in [7, 11) is 0. The molecule has 45 nitrogen and oxygen atoms in total. The van der Waals surface area contributed by atoms with E-state index in [-0.39, 0.29) is 186 Å². The van der Waals surface area contributed by atoms with E-state index in [0.29, 0.717) is 38.5 Å². The van der Waals surface area contributed by atoms with Gasteiger partial charge in [0.2, 0.25) is 53.2 Å². The Kier molecular flexibility index (Phi) is 54.0. The van der Waals surface area contributed by atoms with E-state index in [1.807, 2.05) is 6.07 Å². The molecule has 3 heterocycles. The van der Waals surface area contributed by atoms with Crippen molar-refractivity contribution < 1.29 is 172 Å². The molecule has 1 aromatic carbocycles. The minimum atomic E-state index is -1.42. The van der Waals surface area contributed by atoms with Gasteiger partial charge in [-0.15, -0.1) is 0 Å². The molecule has 45 heteroatoms. The third kappa shape index (κ3) is 48.0. The Hall–Kier alpha value is -11.4. The molecule has 1 aromatic rings. The van der Waals surface area contributed by atoms with Crippen LogP contribution in [-0.4, -0.2) is 288 Å². The Morgan fingerprint density at radius 2 is 0.590 bits per heavy atom. The summed E-state index contributed by atoms with van der Waals surface area (Å²) in [6.07, 6.45) is -13.3. The molecule has 9 amide bonds. The molecule has 3 aliphatic rings. The molecule has 134 heavy (non-hydrogen) atoms. The van der Waals surface area contributed by atoms with Gasteiger partial charge in [0.25, 0.3) is 0 Å². The maximum atomic E-state index is 14.2. The second-order valence-corrected chi connectivity index (χ2v) is 32.4. The molecule has 15 unspecified atom stereocenters. The third-order valence-electron chi connectivity index (χ3n) is 20.6. The van der Waals surface area contributed by atoms with Crippen LogP contribution in [0.5, 0.6) is 0 Å². The Morgan fingerprint density at radius 1 is 0.299 bits per heavy atom. The predicted molar refractivity (Wildman–Crippen MR) is 463 cm³/mol. The Morgan fingerprint density at radius 3 is 0.903 bits per heavy atom. The highest BCUT2D eigenvalue weighted by molar-refractivity contribution is 5.82. The van der Waals surface area contributed by atoms with Gasteiger partial charge in [-0.05, 0) is 95.5 Å². The van der Waals surface area contributed by atoms with Crippen LogP contribution in [0.3, 0.4) is 0 Å². The lowest BCUT2D eigenvalue weighted by Crippen LogP contribution is -2.66. The number of amides is 9. The van der Waals surface area contributed by atoms with Gasteiger partial charge in [-0.25, -0.2) is 0 Å². The van der Waals surface area contributed by atoms with Crippen molar-refractivity contribution in [1.82, 2.24) is 47.9 Å². The summed E-state index contributed by atoms with van der Waals surface area (Å²) in [5.41, 5.74) is -0.680. The Bertz CT molecular complexity index is 3690. The summed E-state index contributed by atoms with van der Waals surface area (Å²) in [5, 5.41) is 25.0. The Labute approximate surface area is 778 Å². The molecule has 0 saturated carbocycles. The van der Waals surface area contributed by atoms with Crippen LogP contribution < -0.4 is 47.9 Å². The molecule has 752 valence electrons. The highest BCUT2D eigenvalue weighted by Crippen LogP contribution is 2.33. The van der Waals surface area contributed by atoms with Crippen molar-refractivity contribution >= 4 is 119 Å². The van der Waals surface area contributed by atoms with Gasteiger partial charge < -0.3 is 124 Å². The average molecular weight is 1910 g/mol. The van der Waals surface area contributed by atoms with Crippen LogP contribution in [0, 0.1) is 0 Å². The maximum absolute atomic E-state index is 14.2. The van der Waals surface area contributed by atoms with E-state index < -0.39 is 218 Å². The van der Waals surface area contributed by atoms with Crippen molar-refractivity contribution in [3.63, 3.8) is 0 Å². The van der Waals surface area contributed by atoms with Gasteiger partial charge in [0, 0.05) is 199 Å². The maximum Gasteiger partial charge on any atom is 0.306 e. The van der Waals surface area contributed by atoms with E-state index in [4.69, 9.17) is 75.8 Å². The van der Waals surface area contributed by atoms with E-state index in [2.05, 4.69) is 47.9 Å². The molecule has 0 spiro atoms. The van der Waals surface area contributed by atoms with Gasteiger partial charge in [0.05, 0.1) is 0 Å². The van der Waals surface area contributed by atoms with E-state index >= 15 is 0 Å². The molecule has 0 bridgehead atoms. The molecule has 0 radical (unpaired) electrons. The molecule has 4 rings (SSSR count). The van der Waals surface area contributed by atoms with Crippen molar-refractivity contribution in [2.75, 3.05) is 72.4 Å². The number of hydrogen-bond acceptors (Lipinski definition) is 36. The van der Waals surface area contributed by atoms with Crippen LogP contribution in [0.25, 0.3) is 0 Å². The SMILES string of the molecule is CC(=O)NC1C(OCCCCC(=O)CCCCNC(=O)CCC(CCC(=O)NCCCNC(=O)CCCCOC2OC(COC(C)=O)C(OC(C)=O)C(OC(C)=O)C2NC(C)=O)(CCC(=O)NCCCNC(=O)CCCCOC2OC(COC(C)=O)C(OC(C)=O)C(OC(C)=O)C2NC(C)=O)NC(=O)CCCC(=O)OCc2ccccc2)OC(COC(C)=O)C(OC(C)=O)C1OC(C)=O. The van der Waals surface area contributed by atoms with Crippen LogP contribution in [-0.2, 0) is 178 Å². The van der Waals surface area contributed by atoms with Crippen molar-refractivity contribution in [2.24, 2.45) is 0 Å². The molecule has 0 aliphatic carbocycles. The first-order valence-corrected chi connectivity index (χ1v) is 45.0. The van der Waals surface area contributed by atoms with Crippen molar-refractivity contribution in [2.45, 2.75) is 335 Å². The number of benzene rings is 1. The monoisotopic (exact) mass is 1910 g/mol. The second-order valence-electron chi connectivity index (χ2n) is 32.4. The summed E-state index contributed by atoms with van der Waals surface area (Å²) in [4.78, 5) is 254. The largest absolute Gasteiger partial charge is 0.463 e. The fraction of sp³-hybridized carbons (Fsp3) is 0.708. The lowest BCUT2D eigenvalue weighted by atomic mass is 9.82. The fourth-order valence-corrected chi connectivity index (χ4v) is 14.6. The average Bonchev–Trinajstić information content (AvgIpc) is 0.798. The van der Waals surface area contributed by atoms with Crippen LogP contribution in [0.2, 0.25) is 0 Å². The quantitative estimate of drug-likeness (QED) is 0.0255. The first-order chi connectivity index (χ1) is 63.6. The van der Waals surface area contributed by atoms with Crippen molar-refractivity contribution in [3.05, 3.63) is 35.9 Å². The number of Topliss-reactive ketones (excluding diaryl/α,β-unsaturated/α-hetero) is 1. The zero-order valence-electron chi connectivity index (χ0n) is 78.5. The number of carbonyl (C=O) groups is 20. The fourth-order valence-electron chi connectivity index (χ4n) is 14.6. The van der Waals surface area contributed by atoms with Crippen LogP contribution in [0.15, 0.2) is 30.3 Å². The number of unbranched alkanes of at least 4 members (excludes halogenated alkanes) is 4. The van der Waals surface area contributed by atoms with Crippen molar-refractivity contribution in [1.29, 1.82) is 0 Å². The van der Waals surface area contributed by atoms with Crippen LogP contribution in [0.1, 0.15) is 236 Å². The minimum Gasteiger partial charge on any atom is -0.463 e. The molecule has 0 aromatic heterocycles. The van der Waals surface area contributed by atoms with E-state index in [0.717, 1.165) is 67.9 Å². The molecule has 3 fully saturated rings. The van der Waals surface area contributed by atoms with Gasteiger partial charge in [-0.3, -0.25) is 95.9 Å². The lowest BCUT2D eigenvalue weighted by molar-refractivity contribution is -0.277. The van der Waals surface area contributed by atoms with Crippen LogP contribution in [0.4, 0.5) is 0 Å².